The first kappa shape index (κ1) is 35.8. The van der Waals surface area contributed by atoms with Crippen LogP contribution in [-0.4, -0.2) is 24.9 Å². The molecule has 7 aromatic carbocycles. The number of aromatic nitrogens is 5. The molecule has 61 heavy (non-hydrogen) atoms. The highest BCUT2D eigenvalue weighted by Crippen LogP contribution is 2.43. The normalized spacial score (nSPS) is 11.3. The molecule has 6 heteroatoms. The lowest BCUT2D eigenvalue weighted by Gasteiger charge is -2.11. The molecular weight excluding hydrogens is 747 g/mol. The van der Waals surface area contributed by atoms with Gasteiger partial charge in [-0.3, -0.25) is 9.97 Å². The van der Waals surface area contributed by atoms with Crippen LogP contribution in [0.2, 0.25) is 0 Å². The third-order valence-electron chi connectivity index (χ3n) is 11.1. The second-order valence-electron chi connectivity index (χ2n) is 14.9. The van der Waals surface area contributed by atoms with Crippen LogP contribution >= 0.6 is 0 Å². The van der Waals surface area contributed by atoms with E-state index in [0.717, 1.165) is 94.5 Å². The molecule has 0 radical (unpaired) electrons. The Morgan fingerprint density at radius 3 is 1.30 bits per heavy atom. The van der Waals surface area contributed by atoms with E-state index in [2.05, 4.69) is 113 Å². The van der Waals surface area contributed by atoms with Gasteiger partial charge in [0.15, 0.2) is 17.5 Å². The van der Waals surface area contributed by atoms with Gasteiger partial charge in [0.05, 0.1) is 11.4 Å². The summed E-state index contributed by atoms with van der Waals surface area (Å²) in [5, 5.41) is 2.10. The zero-order valence-electron chi connectivity index (χ0n) is 32.9. The van der Waals surface area contributed by atoms with Crippen molar-refractivity contribution in [2.75, 3.05) is 0 Å². The van der Waals surface area contributed by atoms with Crippen LogP contribution < -0.4 is 0 Å². The van der Waals surface area contributed by atoms with Gasteiger partial charge in [-0.1, -0.05) is 158 Å². The molecule has 286 valence electrons. The molecule has 0 aliphatic carbocycles. The summed E-state index contributed by atoms with van der Waals surface area (Å²) in [6, 6.07) is 68.6. The van der Waals surface area contributed by atoms with E-state index in [1.54, 1.807) is 0 Å². The van der Waals surface area contributed by atoms with Gasteiger partial charge in [0.1, 0.15) is 11.2 Å². The van der Waals surface area contributed by atoms with Gasteiger partial charge in [-0.2, -0.15) is 0 Å². The van der Waals surface area contributed by atoms with Crippen molar-refractivity contribution in [1.82, 2.24) is 24.9 Å². The third-order valence-corrected chi connectivity index (χ3v) is 11.1. The van der Waals surface area contributed by atoms with Crippen molar-refractivity contribution >= 4 is 21.9 Å². The number of rotatable bonds is 8. The van der Waals surface area contributed by atoms with Crippen molar-refractivity contribution in [3.63, 3.8) is 0 Å². The van der Waals surface area contributed by atoms with Gasteiger partial charge in [-0.15, -0.1) is 0 Å². The van der Waals surface area contributed by atoms with Crippen LogP contribution in [0.4, 0.5) is 0 Å². The van der Waals surface area contributed by atoms with Crippen LogP contribution in [0.1, 0.15) is 0 Å². The van der Waals surface area contributed by atoms with Crippen LogP contribution in [0.3, 0.4) is 0 Å². The number of fused-ring (bicyclic) bond motifs is 3. The monoisotopic (exact) mass is 781 g/mol. The van der Waals surface area contributed by atoms with Crippen LogP contribution in [0.25, 0.3) is 112 Å². The van der Waals surface area contributed by atoms with Gasteiger partial charge in [0, 0.05) is 56.5 Å². The van der Waals surface area contributed by atoms with Gasteiger partial charge in [-0.25, -0.2) is 15.0 Å². The minimum atomic E-state index is 0.614. The van der Waals surface area contributed by atoms with E-state index >= 15 is 0 Å². The fourth-order valence-electron chi connectivity index (χ4n) is 8.01. The molecular formula is C55H35N5O. The molecule has 0 fully saturated rings. The quantitative estimate of drug-likeness (QED) is 0.153. The highest BCUT2D eigenvalue weighted by molar-refractivity contribution is 6.16. The summed E-state index contributed by atoms with van der Waals surface area (Å²) in [4.78, 5) is 23.9. The first-order valence-corrected chi connectivity index (χ1v) is 20.2. The average molecular weight is 782 g/mol. The summed E-state index contributed by atoms with van der Waals surface area (Å²) in [5.74, 6) is 1.88. The van der Waals surface area contributed by atoms with Gasteiger partial charge in [0.25, 0.3) is 0 Å². The Bertz CT molecular complexity index is 3240. The lowest BCUT2D eigenvalue weighted by atomic mass is 9.92. The predicted octanol–water partition coefficient (Wildman–Crippen LogP) is 13.9. The highest BCUT2D eigenvalue weighted by atomic mass is 16.3. The van der Waals surface area contributed by atoms with Crippen molar-refractivity contribution in [2.45, 2.75) is 0 Å². The fraction of sp³-hybridized carbons (Fsp3) is 0. The van der Waals surface area contributed by atoms with Crippen molar-refractivity contribution < 1.29 is 4.42 Å². The second-order valence-corrected chi connectivity index (χ2v) is 14.9. The maximum atomic E-state index is 6.84. The number of benzene rings is 7. The summed E-state index contributed by atoms with van der Waals surface area (Å²) >= 11 is 0. The Kier molecular flexibility index (Phi) is 9.06. The molecule has 0 saturated carbocycles. The Labute approximate surface area is 352 Å². The number of hydrogen-bond acceptors (Lipinski definition) is 6. The summed E-state index contributed by atoms with van der Waals surface area (Å²) in [6.45, 7) is 0. The van der Waals surface area contributed by atoms with Crippen LogP contribution in [0.5, 0.6) is 0 Å². The molecule has 0 amide bonds. The zero-order valence-corrected chi connectivity index (χ0v) is 32.9. The van der Waals surface area contributed by atoms with Crippen molar-refractivity contribution in [1.29, 1.82) is 0 Å². The summed E-state index contributed by atoms with van der Waals surface area (Å²) in [6.07, 6.45) is 3.65. The molecule has 6 nitrogen and oxygen atoms in total. The Hall–Kier alpha value is -8.35. The molecule has 0 N–H and O–H groups in total. The van der Waals surface area contributed by atoms with E-state index in [0.29, 0.717) is 17.5 Å². The van der Waals surface area contributed by atoms with E-state index in [9.17, 15) is 0 Å². The van der Waals surface area contributed by atoms with Crippen LogP contribution in [0, 0.1) is 0 Å². The highest BCUT2D eigenvalue weighted by Gasteiger charge is 2.19. The summed E-state index contributed by atoms with van der Waals surface area (Å²) in [5.41, 5.74) is 14.8. The lowest BCUT2D eigenvalue weighted by molar-refractivity contribution is 0.670. The largest absolute Gasteiger partial charge is 0.455 e. The maximum Gasteiger partial charge on any atom is 0.164 e. The molecule has 0 bridgehead atoms. The molecule has 0 aliphatic rings. The maximum absolute atomic E-state index is 6.84. The van der Waals surface area contributed by atoms with E-state index in [1.807, 2.05) is 109 Å². The van der Waals surface area contributed by atoms with E-state index in [4.69, 9.17) is 19.4 Å². The minimum Gasteiger partial charge on any atom is -0.455 e. The van der Waals surface area contributed by atoms with Gasteiger partial charge in [0.2, 0.25) is 0 Å². The molecule has 0 unspecified atom stereocenters. The SMILES string of the molecule is c1ccc(-c2nc(-c3ccccc3)nc(-c3ccc(-c4cccc5oc6c(-c7ccc(-c8ccccn8)cc7)cc(-c7ccc(-c8ccccn8)cc7)cc6c45)cc3)n2)cc1. The van der Waals surface area contributed by atoms with Crippen molar-refractivity contribution in [3.05, 3.63) is 213 Å². The van der Waals surface area contributed by atoms with E-state index < -0.39 is 0 Å². The summed E-state index contributed by atoms with van der Waals surface area (Å²) in [7, 11) is 0. The number of nitrogens with zero attached hydrogens (tertiary/aromatic N) is 5. The average Bonchev–Trinajstić information content (AvgIpc) is 3.74. The molecule has 0 atom stereocenters. The molecule has 4 heterocycles. The first-order chi connectivity index (χ1) is 30.2. The smallest absolute Gasteiger partial charge is 0.164 e. The minimum absolute atomic E-state index is 0.614. The van der Waals surface area contributed by atoms with Crippen molar-refractivity contribution in [3.8, 4) is 90.1 Å². The lowest BCUT2D eigenvalue weighted by Crippen LogP contribution is -2.00. The molecule has 11 aromatic rings. The fourth-order valence-corrected chi connectivity index (χ4v) is 8.01. The molecule has 0 spiro atoms. The standard InChI is InChI=1S/C55H35N5O/c1-3-12-41(13-4-1)53-58-54(42-14-5-2-6-15-42)60-55(59-53)43-30-24-37(25-31-43)45-16-11-19-50-51(45)47-35-44(36-20-26-39(27-21-36)48-17-7-9-32-56-48)34-46(52(47)61-50)38-22-28-40(29-23-38)49-18-8-10-33-57-49/h1-35H. The molecule has 4 aromatic heterocycles. The topological polar surface area (TPSA) is 77.6 Å². The zero-order chi connectivity index (χ0) is 40.5. The molecule has 11 rings (SSSR count). The number of furan rings is 1. The number of pyridine rings is 2. The third kappa shape index (κ3) is 6.92. The number of hydrogen-bond donors (Lipinski definition) is 0. The second kappa shape index (κ2) is 15.4. The van der Waals surface area contributed by atoms with Gasteiger partial charge < -0.3 is 4.42 Å². The van der Waals surface area contributed by atoms with Crippen LogP contribution in [-0.2, 0) is 0 Å². The summed E-state index contributed by atoms with van der Waals surface area (Å²) < 4.78 is 6.84. The molecule has 0 aliphatic heterocycles. The Morgan fingerprint density at radius 1 is 0.311 bits per heavy atom. The Balaban J connectivity index is 1.04. The predicted molar refractivity (Wildman–Crippen MR) is 246 cm³/mol. The first-order valence-electron chi connectivity index (χ1n) is 20.2. The van der Waals surface area contributed by atoms with Gasteiger partial charge >= 0.3 is 0 Å². The van der Waals surface area contributed by atoms with Crippen molar-refractivity contribution in [2.24, 2.45) is 0 Å². The van der Waals surface area contributed by atoms with E-state index in [-0.39, 0.29) is 0 Å². The van der Waals surface area contributed by atoms with Gasteiger partial charge in [-0.05, 0) is 70.3 Å². The molecule has 0 saturated heterocycles. The van der Waals surface area contributed by atoms with Crippen LogP contribution in [0.15, 0.2) is 217 Å². The van der Waals surface area contributed by atoms with E-state index in [1.165, 1.54) is 0 Å². The Morgan fingerprint density at radius 2 is 0.770 bits per heavy atom.